The number of aromatic nitrogens is 2. The summed E-state index contributed by atoms with van der Waals surface area (Å²) < 4.78 is 2.32. The van der Waals surface area contributed by atoms with E-state index in [4.69, 9.17) is 9.97 Å². The molecular weight excluding hydrogens is 637 g/mol. The molecule has 10 aromatic rings. The molecule has 0 fully saturated rings. The fourth-order valence-electron chi connectivity index (χ4n) is 7.28. The van der Waals surface area contributed by atoms with Crippen molar-refractivity contribution in [3.05, 3.63) is 182 Å². The van der Waals surface area contributed by atoms with E-state index in [1.54, 1.807) is 11.3 Å². The van der Waals surface area contributed by atoms with Crippen LogP contribution in [0.1, 0.15) is 0 Å². The lowest BCUT2D eigenvalue weighted by molar-refractivity contribution is 1.24. The predicted octanol–water partition coefficient (Wildman–Crippen LogP) is 13.5. The van der Waals surface area contributed by atoms with Crippen molar-refractivity contribution in [3.8, 4) is 56.0 Å². The third-order valence-electron chi connectivity index (χ3n) is 9.87. The summed E-state index contributed by atoms with van der Waals surface area (Å²) in [5.74, 6) is 0.744. The molecular formula is C48H30N2S. The maximum absolute atomic E-state index is 5.39. The molecule has 0 saturated carbocycles. The van der Waals surface area contributed by atoms with E-state index in [9.17, 15) is 0 Å². The maximum Gasteiger partial charge on any atom is 0.161 e. The van der Waals surface area contributed by atoms with Gasteiger partial charge in [-0.1, -0.05) is 158 Å². The van der Waals surface area contributed by atoms with Crippen LogP contribution in [0.15, 0.2) is 182 Å². The molecule has 51 heavy (non-hydrogen) atoms. The van der Waals surface area contributed by atoms with Gasteiger partial charge in [-0.05, 0) is 79.2 Å². The summed E-state index contributed by atoms with van der Waals surface area (Å²) in [6, 6.07) is 65.1. The second kappa shape index (κ2) is 12.2. The highest BCUT2D eigenvalue weighted by Gasteiger charge is 2.19. The van der Waals surface area contributed by atoms with Crippen LogP contribution in [-0.4, -0.2) is 9.97 Å². The molecule has 0 radical (unpaired) electrons. The van der Waals surface area contributed by atoms with Crippen molar-refractivity contribution in [2.24, 2.45) is 0 Å². The average molecular weight is 667 g/mol. The third-order valence-corrected chi connectivity index (χ3v) is 11.0. The molecule has 2 heterocycles. The van der Waals surface area contributed by atoms with Gasteiger partial charge in [-0.15, -0.1) is 11.3 Å². The summed E-state index contributed by atoms with van der Waals surface area (Å²) in [4.78, 5) is 10.7. The molecule has 0 N–H and O–H groups in total. The molecule has 0 amide bonds. The SMILES string of the molecule is c1ccc(-c2ccc(-c3cccc(-c4cccc(-c5nc(-c6cccc7ccccc67)nc6c5sc5cc7ccccc7cc56)c4)c3)cc2)cc1. The maximum atomic E-state index is 5.39. The molecule has 238 valence electrons. The van der Waals surface area contributed by atoms with Crippen LogP contribution in [0.2, 0.25) is 0 Å². The van der Waals surface area contributed by atoms with Crippen LogP contribution in [0.3, 0.4) is 0 Å². The second-order valence-electron chi connectivity index (χ2n) is 13.0. The third kappa shape index (κ3) is 5.27. The van der Waals surface area contributed by atoms with Gasteiger partial charge in [0.15, 0.2) is 5.82 Å². The fourth-order valence-corrected chi connectivity index (χ4v) is 8.46. The van der Waals surface area contributed by atoms with Crippen molar-refractivity contribution >= 4 is 53.2 Å². The number of hydrogen-bond acceptors (Lipinski definition) is 3. The molecule has 0 aliphatic rings. The summed E-state index contributed by atoms with van der Waals surface area (Å²) >= 11 is 1.78. The highest BCUT2D eigenvalue weighted by atomic mass is 32.1. The normalized spacial score (nSPS) is 11.5. The van der Waals surface area contributed by atoms with Crippen molar-refractivity contribution in [2.45, 2.75) is 0 Å². The van der Waals surface area contributed by atoms with Crippen molar-refractivity contribution < 1.29 is 0 Å². The van der Waals surface area contributed by atoms with Crippen LogP contribution in [0.25, 0.3) is 97.9 Å². The van der Waals surface area contributed by atoms with E-state index in [0.29, 0.717) is 0 Å². The lowest BCUT2D eigenvalue weighted by atomic mass is 9.96. The summed E-state index contributed by atoms with van der Waals surface area (Å²) in [7, 11) is 0. The molecule has 0 saturated heterocycles. The molecule has 0 atom stereocenters. The van der Waals surface area contributed by atoms with Crippen LogP contribution in [0.4, 0.5) is 0 Å². The molecule has 0 bridgehead atoms. The van der Waals surface area contributed by atoms with Gasteiger partial charge in [0.1, 0.15) is 0 Å². The van der Waals surface area contributed by atoms with Crippen LogP contribution in [-0.2, 0) is 0 Å². The first-order chi connectivity index (χ1) is 25.2. The van der Waals surface area contributed by atoms with Crippen molar-refractivity contribution in [1.82, 2.24) is 9.97 Å². The first kappa shape index (κ1) is 29.5. The Morgan fingerprint density at radius 3 is 1.65 bits per heavy atom. The van der Waals surface area contributed by atoms with Crippen molar-refractivity contribution in [1.29, 1.82) is 0 Å². The summed E-state index contributed by atoms with van der Waals surface area (Å²) in [6.07, 6.45) is 0. The summed E-state index contributed by atoms with van der Waals surface area (Å²) in [6.45, 7) is 0. The Labute approximate surface area is 300 Å². The molecule has 10 rings (SSSR count). The first-order valence-electron chi connectivity index (χ1n) is 17.2. The summed E-state index contributed by atoms with van der Waals surface area (Å²) in [5, 5.41) is 5.95. The topological polar surface area (TPSA) is 25.8 Å². The Bertz CT molecular complexity index is 2900. The predicted molar refractivity (Wildman–Crippen MR) is 217 cm³/mol. The van der Waals surface area contributed by atoms with E-state index < -0.39 is 0 Å². The van der Waals surface area contributed by atoms with Crippen LogP contribution >= 0.6 is 11.3 Å². The minimum absolute atomic E-state index is 0.744. The van der Waals surface area contributed by atoms with Gasteiger partial charge >= 0.3 is 0 Å². The van der Waals surface area contributed by atoms with E-state index in [-0.39, 0.29) is 0 Å². The Balaban J connectivity index is 1.12. The molecule has 0 spiro atoms. The van der Waals surface area contributed by atoms with Crippen molar-refractivity contribution in [3.63, 3.8) is 0 Å². The van der Waals surface area contributed by atoms with Gasteiger partial charge in [0.2, 0.25) is 0 Å². The van der Waals surface area contributed by atoms with Gasteiger partial charge in [-0.25, -0.2) is 9.97 Å². The highest BCUT2D eigenvalue weighted by Crippen LogP contribution is 2.42. The minimum atomic E-state index is 0.744. The lowest BCUT2D eigenvalue weighted by Crippen LogP contribution is -1.94. The van der Waals surface area contributed by atoms with Crippen LogP contribution < -0.4 is 0 Å². The van der Waals surface area contributed by atoms with Gasteiger partial charge in [-0.3, -0.25) is 0 Å². The number of nitrogens with zero attached hydrogens (tertiary/aromatic N) is 2. The first-order valence-corrected chi connectivity index (χ1v) is 18.0. The molecule has 0 aliphatic carbocycles. The minimum Gasteiger partial charge on any atom is -0.226 e. The Morgan fingerprint density at radius 1 is 0.353 bits per heavy atom. The lowest BCUT2D eigenvalue weighted by Gasteiger charge is -2.11. The van der Waals surface area contributed by atoms with Crippen LogP contribution in [0, 0.1) is 0 Å². The van der Waals surface area contributed by atoms with Gasteiger partial charge < -0.3 is 0 Å². The molecule has 8 aromatic carbocycles. The number of rotatable bonds is 5. The smallest absolute Gasteiger partial charge is 0.161 e. The van der Waals surface area contributed by atoms with Crippen LogP contribution in [0.5, 0.6) is 0 Å². The number of hydrogen-bond donors (Lipinski definition) is 0. The largest absolute Gasteiger partial charge is 0.226 e. The van der Waals surface area contributed by atoms with E-state index in [2.05, 4.69) is 182 Å². The van der Waals surface area contributed by atoms with E-state index in [1.165, 1.54) is 54.1 Å². The highest BCUT2D eigenvalue weighted by molar-refractivity contribution is 7.26. The van der Waals surface area contributed by atoms with Gasteiger partial charge in [-0.2, -0.15) is 0 Å². The number of thiophene rings is 1. The van der Waals surface area contributed by atoms with Gasteiger partial charge in [0, 0.05) is 21.2 Å². The second-order valence-corrected chi connectivity index (χ2v) is 14.1. The van der Waals surface area contributed by atoms with E-state index >= 15 is 0 Å². The zero-order chi connectivity index (χ0) is 33.7. The molecule has 0 aliphatic heterocycles. The standard InChI is InChI=1S/C48H30N2S/c1-2-11-31(12-3-1)32-23-25-33(26-24-32)35-17-8-18-36(27-35)37-19-9-20-40(28-37)45-47-46(43-29-38-14-4-5-15-39(38)30-44(43)51-47)50-48(49-45)42-22-10-16-34-13-6-7-21-41(34)42/h1-30H. The van der Waals surface area contributed by atoms with Gasteiger partial charge in [0.05, 0.1) is 15.9 Å². The molecule has 3 heteroatoms. The summed E-state index contributed by atoms with van der Waals surface area (Å²) in [5.41, 5.74) is 11.2. The quantitative estimate of drug-likeness (QED) is 0.183. The molecule has 2 nitrogen and oxygen atoms in total. The monoisotopic (exact) mass is 666 g/mol. The Kier molecular flexibility index (Phi) is 7.04. The molecule has 2 aromatic heterocycles. The van der Waals surface area contributed by atoms with Crippen molar-refractivity contribution in [2.75, 3.05) is 0 Å². The Hall–Kier alpha value is -6.42. The zero-order valence-corrected chi connectivity index (χ0v) is 28.4. The fraction of sp³-hybridized carbons (Fsp3) is 0. The zero-order valence-electron chi connectivity index (χ0n) is 27.6. The number of fused-ring (bicyclic) bond motifs is 5. The van der Waals surface area contributed by atoms with E-state index in [0.717, 1.165) is 43.8 Å². The van der Waals surface area contributed by atoms with E-state index in [1.807, 2.05) is 0 Å². The van der Waals surface area contributed by atoms with Gasteiger partial charge in [0.25, 0.3) is 0 Å². The Morgan fingerprint density at radius 2 is 0.882 bits per heavy atom. The average Bonchev–Trinajstić information content (AvgIpc) is 3.57. The number of benzene rings is 8. The molecule has 0 unspecified atom stereocenters.